The van der Waals surface area contributed by atoms with Gasteiger partial charge in [0, 0.05) is 12.8 Å². The Morgan fingerprint density at radius 3 is 0.889 bits per heavy atom. The van der Waals surface area contributed by atoms with Gasteiger partial charge >= 0.3 is 11.9 Å². The molecule has 0 heterocycles. The number of hydrogen-bond donors (Lipinski definition) is 0. The Hall–Kier alpha value is -4.11. The molecule has 2 unspecified atom stereocenters. The van der Waals surface area contributed by atoms with E-state index in [1.54, 1.807) is 0 Å². The quantitative estimate of drug-likeness (QED) is 0.0195. The van der Waals surface area contributed by atoms with E-state index in [2.05, 4.69) is 160 Å². The molecule has 0 aromatic carbocycles. The molecule has 0 aliphatic carbocycles. The number of nitrogens with zero attached hydrogens (tertiary/aromatic N) is 1. The average Bonchev–Trinajstić information content (AvgIpc) is 3.58. The molecular weight excluding hydrogens is 1130 g/mol. The van der Waals surface area contributed by atoms with Crippen molar-refractivity contribution in [3.63, 3.8) is 0 Å². The first kappa shape index (κ1) is 85.9. The van der Waals surface area contributed by atoms with Crippen LogP contribution in [-0.4, -0.2) is 70.0 Å². The SMILES string of the molecule is CC/C=C\C/C=C\C/C=C\C/C=C\C/C=C\C/C=C\C/C=C\CCCCCCCCCC(=O)OC(COC(=O)CCCCCCCCCCCCCCCCCCCCCCC/C=C\C/C=C\C/C=C\C/C=C\C/C=C\CC)COP(=O)([O-])OCC[N+](C)(C)C. The molecular formula is C80H136NO8P. The van der Waals surface area contributed by atoms with Crippen molar-refractivity contribution in [3.05, 3.63) is 146 Å². The predicted octanol–water partition coefficient (Wildman–Crippen LogP) is 23.5. The van der Waals surface area contributed by atoms with Crippen LogP contribution in [0.4, 0.5) is 0 Å². The van der Waals surface area contributed by atoms with Gasteiger partial charge in [-0.2, -0.15) is 0 Å². The second kappa shape index (κ2) is 69.2. The second-order valence-electron chi connectivity index (χ2n) is 25.2. The molecule has 0 rings (SSSR count). The summed E-state index contributed by atoms with van der Waals surface area (Å²) in [7, 11) is 1.15. The smallest absolute Gasteiger partial charge is 0.306 e. The van der Waals surface area contributed by atoms with E-state index in [-0.39, 0.29) is 32.0 Å². The Morgan fingerprint density at radius 1 is 0.344 bits per heavy atom. The van der Waals surface area contributed by atoms with Crippen molar-refractivity contribution in [3.8, 4) is 0 Å². The molecule has 0 aromatic rings. The molecule has 9 nitrogen and oxygen atoms in total. The number of unbranched alkanes of at least 4 members (excludes halogenated alkanes) is 28. The lowest BCUT2D eigenvalue weighted by Gasteiger charge is -2.28. The van der Waals surface area contributed by atoms with Gasteiger partial charge in [-0.15, -0.1) is 0 Å². The highest BCUT2D eigenvalue weighted by molar-refractivity contribution is 7.45. The first-order valence-electron chi connectivity index (χ1n) is 36.5. The van der Waals surface area contributed by atoms with Crippen molar-refractivity contribution in [1.82, 2.24) is 0 Å². The van der Waals surface area contributed by atoms with Crippen LogP contribution in [0, 0.1) is 0 Å². The first-order chi connectivity index (χ1) is 44.0. The molecule has 0 aliphatic rings. The van der Waals surface area contributed by atoms with Gasteiger partial charge in [-0.1, -0.05) is 314 Å². The van der Waals surface area contributed by atoms with Crippen LogP contribution in [0.2, 0.25) is 0 Å². The average molecular weight is 1270 g/mol. The van der Waals surface area contributed by atoms with E-state index in [0.717, 1.165) is 122 Å². The minimum Gasteiger partial charge on any atom is -0.756 e. The summed E-state index contributed by atoms with van der Waals surface area (Å²) < 4.78 is 34.3. The lowest BCUT2D eigenvalue weighted by molar-refractivity contribution is -0.870. The van der Waals surface area contributed by atoms with Gasteiger partial charge < -0.3 is 27.9 Å². The molecule has 2 atom stereocenters. The number of phosphoric acid groups is 1. The third-order valence-electron chi connectivity index (χ3n) is 15.4. The topological polar surface area (TPSA) is 111 Å². The van der Waals surface area contributed by atoms with E-state index < -0.39 is 26.5 Å². The molecule has 10 heteroatoms. The summed E-state index contributed by atoms with van der Waals surface area (Å²) in [4.78, 5) is 38.1. The molecule has 0 spiro atoms. The van der Waals surface area contributed by atoms with Gasteiger partial charge in [0.25, 0.3) is 7.82 Å². The van der Waals surface area contributed by atoms with Gasteiger partial charge in [-0.25, -0.2) is 0 Å². The zero-order valence-corrected chi connectivity index (χ0v) is 59.4. The Bertz CT molecular complexity index is 2030. The van der Waals surface area contributed by atoms with E-state index >= 15 is 0 Å². The molecule has 0 saturated heterocycles. The molecule has 514 valence electrons. The maximum Gasteiger partial charge on any atom is 0.306 e. The third kappa shape index (κ3) is 72.9. The zero-order valence-electron chi connectivity index (χ0n) is 58.5. The van der Waals surface area contributed by atoms with E-state index in [0.29, 0.717) is 17.4 Å². The van der Waals surface area contributed by atoms with Gasteiger partial charge in [0.15, 0.2) is 6.10 Å². The number of carbonyl (C=O) groups is 2. The molecule has 0 radical (unpaired) electrons. The molecule has 0 fully saturated rings. The van der Waals surface area contributed by atoms with Crippen LogP contribution in [0.5, 0.6) is 0 Å². The van der Waals surface area contributed by atoms with Crippen LogP contribution in [0.25, 0.3) is 0 Å². The first-order valence-corrected chi connectivity index (χ1v) is 38.0. The van der Waals surface area contributed by atoms with Crippen LogP contribution >= 0.6 is 7.82 Å². The Kier molecular flexibility index (Phi) is 66.1. The minimum atomic E-state index is -4.65. The number of rotatable bonds is 66. The number of hydrogen-bond acceptors (Lipinski definition) is 8. The Morgan fingerprint density at radius 2 is 0.600 bits per heavy atom. The summed E-state index contributed by atoms with van der Waals surface area (Å²) in [5, 5.41) is 0. The van der Waals surface area contributed by atoms with Crippen LogP contribution < -0.4 is 4.89 Å². The van der Waals surface area contributed by atoms with Crippen molar-refractivity contribution in [1.29, 1.82) is 0 Å². The summed E-state index contributed by atoms with van der Waals surface area (Å²) in [6, 6.07) is 0. The van der Waals surface area contributed by atoms with Crippen molar-refractivity contribution in [2.24, 2.45) is 0 Å². The Labute approximate surface area is 554 Å². The molecule has 0 N–H and O–H groups in total. The van der Waals surface area contributed by atoms with E-state index in [4.69, 9.17) is 18.5 Å². The number of esters is 2. The summed E-state index contributed by atoms with van der Waals surface area (Å²) in [6.07, 6.45) is 102. The van der Waals surface area contributed by atoms with Gasteiger partial charge in [0.05, 0.1) is 27.7 Å². The lowest BCUT2D eigenvalue weighted by Crippen LogP contribution is -2.37. The highest BCUT2D eigenvalue weighted by Crippen LogP contribution is 2.38. The number of likely N-dealkylation sites (N-methyl/N-ethyl adjacent to an activating group) is 1. The molecule has 0 amide bonds. The molecule has 0 bridgehead atoms. The summed E-state index contributed by atoms with van der Waals surface area (Å²) >= 11 is 0. The van der Waals surface area contributed by atoms with Crippen molar-refractivity contribution in [2.75, 3.05) is 47.5 Å². The number of carbonyl (C=O) groups excluding carboxylic acids is 2. The second-order valence-corrected chi connectivity index (χ2v) is 26.6. The predicted molar refractivity (Wildman–Crippen MR) is 387 cm³/mol. The maximum absolute atomic E-state index is 12.9. The normalized spacial score (nSPS) is 14.0. The fourth-order valence-electron chi connectivity index (χ4n) is 9.84. The molecule has 0 aromatic heterocycles. The number of quaternary nitrogens is 1. The van der Waals surface area contributed by atoms with Crippen molar-refractivity contribution >= 4 is 19.8 Å². The summed E-state index contributed by atoms with van der Waals surface area (Å²) in [5.41, 5.74) is 0. The van der Waals surface area contributed by atoms with Crippen LogP contribution in [-0.2, 0) is 32.7 Å². The lowest BCUT2D eigenvalue weighted by atomic mass is 10.0. The molecule has 0 saturated carbocycles. The molecule has 90 heavy (non-hydrogen) atoms. The fraction of sp³-hybridized carbons (Fsp3) is 0.675. The van der Waals surface area contributed by atoms with E-state index in [1.807, 2.05) is 21.1 Å². The number of allylic oxidation sites excluding steroid dienone is 24. The third-order valence-corrected chi connectivity index (χ3v) is 16.3. The summed E-state index contributed by atoms with van der Waals surface area (Å²) in [5.74, 6) is -0.845. The number of ether oxygens (including phenoxy) is 2. The van der Waals surface area contributed by atoms with Gasteiger partial charge in [0.1, 0.15) is 19.8 Å². The number of phosphoric ester groups is 1. The Balaban J connectivity index is 4.04. The molecule has 0 aliphatic heterocycles. The largest absolute Gasteiger partial charge is 0.756 e. The standard InChI is InChI=1S/C80H136NO8P/c1-6-8-10-12-14-16-18-20-22-24-26-28-30-32-34-36-37-38-39-40-41-42-43-45-46-48-50-52-54-56-58-60-62-64-66-68-70-72-79(82)86-76-78(77-88-90(84,85)87-75-74-81(3,4)5)89-80(83)73-71-69-67-65-63-61-59-57-55-53-51-49-47-44-35-33-31-29-27-25-23-21-19-17-15-13-11-9-7-2/h8-11,14-17,20-23,26-29,32-35,47,49,53,55,78H,6-7,12-13,18-19,24-25,30-31,36-46,48,50-52,54,56-77H2,1-5H3/b10-8-,11-9-,16-14-,17-15-,22-20-,23-21-,28-26-,29-27-,34-32-,35-33-,49-47-,55-53-. The van der Waals surface area contributed by atoms with Crippen LogP contribution in [0.1, 0.15) is 296 Å². The van der Waals surface area contributed by atoms with E-state index in [9.17, 15) is 19.0 Å². The fourth-order valence-corrected chi connectivity index (χ4v) is 10.6. The minimum absolute atomic E-state index is 0.0388. The van der Waals surface area contributed by atoms with Crippen LogP contribution in [0.15, 0.2) is 146 Å². The van der Waals surface area contributed by atoms with Crippen molar-refractivity contribution < 1.29 is 42.1 Å². The maximum atomic E-state index is 12.9. The van der Waals surface area contributed by atoms with Crippen molar-refractivity contribution in [2.45, 2.75) is 302 Å². The van der Waals surface area contributed by atoms with Crippen LogP contribution in [0.3, 0.4) is 0 Å². The zero-order chi connectivity index (χ0) is 65.5. The van der Waals surface area contributed by atoms with Gasteiger partial charge in [-0.05, 0) is 116 Å². The highest BCUT2D eigenvalue weighted by atomic mass is 31.2. The monoisotopic (exact) mass is 1270 g/mol. The highest BCUT2D eigenvalue weighted by Gasteiger charge is 2.22. The summed E-state index contributed by atoms with van der Waals surface area (Å²) in [6.45, 7) is 4.01. The van der Waals surface area contributed by atoms with E-state index in [1.165, 1.54) is 141 Å². The van der Waals surface area contributed by atoms with Gasteiger partial charge in [-0.3, -0.25) is 14.2 Å². The van der Waals surface area contributed by atoms with Gasteiger partial charge in [0.2, 0.25) is 0 Å².